The van der Waals surface area contributed by atoms with Crippen LogP contribution < -0.4 is 0 Å². The van der Waals surface area contributed by atoms with Crippen molar-refractivity contribution in [3.05, 3.63) is 52.0 Å². The Morgan fingerprint density at radius 3 is 2.67 bits per heavy atom. The molecule has 0 saturated carbocycles. The van der Waals surface area contributed by atoms with Crippen molar-refractivity contribution in [3.63, 3.8) is 0 Å². The van der Waals surface area contributed by atoms with E-state index >= 15 is 0 Å². The highest BCUT2D eigenvalue weighted by molar-refractivity contribution is 9.10. The van der Waals surface area contributed by atoms with Crippen LogP contribution >= 0.6 is 27.5 Å². The van der Waals surface area contributed by atoms with Crippen molar-refractivity contribution < 1.29 is 8.94 Å². The van der Waals surface area contributed by atoms with E-state index in [-0.39, 0.29) is 6.54 Å². The summed E-state index contributed by atoms with van der Waals surface area (Å²) in [5, 5.41) is 16.8. The third-order valence-electron chi connectivity index (χ3n) is 3.09. The number of benzene rings is 1. The lowest BCUT2D eigenvalue weighted by atomic mass is 10.2. The quantitative estimate of drug-likeness (QED) is 0.511. The smallest absolute Gasteiger partial charge is 0.250 e. The van der Waals surface area contributed by atoms with Gasteiger partial charge in [-0.1, -0.05) is 16.8 Å². The topological polar surface area (TPSA) is 95.7 Å². The lowest BCUT2D eigenvalue weighted by molar-refractivity contribution is 0.355. The summed E-state index contributed by atoms with van der Waals surface area (Å²) >= 11 is 9.09. The number of nitrogens with zero attached hydrogens (tertiary/aromatic N) is 6. The molecule has 0 bridgehead atoms. The summed E-state index contributed by atoms with van der Waals surface area (Å²) in [6.45, 7) is 0.204. The fourth-order valence-corrected chi connectivity index (χ4v) is 2.43. The molecule has 0 fully saturated rings. The Morgan fingerprint density at radius 1 is 1.08 bits per heavy atom. The zero-order valence-corrected chi connectivity index (χ0v) is 14.3. The molecule has 3 aromatic heterocycles. The average molecular weight is 408 g/mol. The third kappa shape index (κ3) is 3.08. The largest absolute Gasteiger partial charge is 0.446 e. The van der Waals surface area contributed by atoms with Crippen molar-refractivity contribution in [1.82, 2.24) is 30.3 Å². The van der Waals surface area contributed by atoms with Crippen LogP contribution in [-0.2, 0) is 6.54 Å². The molecule has 24 heavy (non-hydrogen) atoms. The van der Waals surface area contributed by atoms with Crippen LogP contribution in [0, 0.1) is 0 Å². The number of furan rings is 1. The molecule has 0 aliphatic rings. The SMILES string of the molecule is Clc1ccc(-c2nnn(Cc3nc(-c4ccc(Br)o4)no3)n2)cc1. The van der Waals surface area contributed by atoms with Crippen LogP contribution in [0.3, 0.4) is 0 Å². The number of hydrogen-bond acceptors (Lipinski definition) is 7. The van der Waals surface area contributed by atoms with Crippen LogP contribution in [0.5, 0.6) is 0 Å². The first-order valence-electron chi connectivity index (χ1n) is 6.79. The van der Waals surface area contributed by atoms with Gasteiger partial charge in [-0.3, -0.25) is 0 Å². The van der Waals surface area contributed by atoms with E-state index in [1.54, 1.807) is 24.3 Å². The van der Waals surface area contributed by atoms with Gasteiger partial charge in [0.2, 0.25) is 11.6 Å². The van der Waals surface area contributed by atoms with Gasteiger partial charge in [-0.15, -0.1) is 10.2 Å². The van der Waals surface area contributed by atoms with Gasteiger partial charge in [-0.2, -0.15) is 9.78 Å². The summed E-state index contributed by atoms with van der Waals surface area (Å²) in [7, 11) is 0. The van der Waals surface area contributed by atoms with Gasteiger partial charge in [-0.25, -0.2) is 0 Å². The number of tetrazole rings is 1. The maximum atomic E-state index is 5.87. The summed E-state index contributed by atoms with van der Waals surface area (Å²) in [5.74, 6) is 1.69. The maximum absolute atomic E-state index is 5.87. The lowest BCUT2D eigenvalue weighted by Crippen LogP contribution is -2.04. The van der Waals surface area contributed by atoms with Gasteiger partial charge < -0.3 is 8.94 Å². The van der Waals surface area contributed by atoms with E-state index in [9.17, 15) is 0 Å². The Balaban J connectivity index is 1.52. The molecule has 0 amide bonds. The fraction of sp³-hybridized carbons (Fsp3) is 0.0714. The predicted octanol–water partition coefficient (Wildman–Crippen LogP) is 3.45. The van der Waals surface area contributed by atoms with E-state index in [1.165, 1.54) is 4.80 Å². The zero-order valence-electron chi connectivity index (χ0n) is 11.9. The molecule has 4 aromatic rings. The second-order valence-corrected chi connectivity index (χ2v) is 5.98. The number of hydrogen-bond donors (Lipinski definition) is 0. The van der Waals surface area contributed by atoms with Gasteiger partial charge in [0, 0.05) is 10.6 Å². The van der Waals surface area contributed by atoms with Crippen LogP contribution in [0.2, 0.25) is 5.02 Å². The van der Waals surface area contributed by atoms with Crippen molar-refractivity contribution in [3.8, 4) is 23.0 Å². The van der Waals surface area contributed by atoms with E-state index < -0.39 is 0 Å². The Kier molecular flexibility index (Phi) is 3.87. The summed E-state index contributed by atoms with van der Waals surface area (Å²) in [6.07, 6.45) is 0. The van der Waals surface area contributed by atoms with E-state index in [1.807, 2.05) is 12.1 Å². The number of rotatable bonds is 4. The van der Waals surface area contributed by atoms with E-state index in [4.69, 9.17) is 20.5 Å². The zero-order chi connectivity index (χ0) is 16.5. The van der Waals surface area contributed by atoms with E-state index in [2.05, 4.69) is 41.5 Å². The van der Waals surface area contributed by atoms with Gasteiger partial charge in [0.15, 0.2) is 10.4 Å². The van der Waals surface area contributed by atoms with Crippen LogP contribution in [0.4, 0.5) is 0 Å². The molecule has 0 aliphatic heterocycles. The van der Waals surface area contributed by atoms with Crippen molar-refractivity contribution in [2.24, 2.45) is 0 Å². The molecule has 4 rings (SSSR count). The average Bonchev–Trinajstić information content (AvgIpc) is 3.30. The molecular weight excluding hydrogens is 400 g/mol. The highest BCUT2D eigenvalue weighted by Crippen LogP contribution is 2.22. The number of aromatic nitrogens is 6. The second-order valence-electron chi connectivity index (χ2n) is 4.77. The normalized spacial score (nSPS) is 11.1. The van der Waals surface area contributed by atoms with Crippen LogP contribution in [0.15, 0.2) is 50.0 Å². The maximum Gasteiger partial charge on any atom is 0.250 e. The molecular formula is C14H8BrClN6O2. The van der Waals surface area contributed by atoms with Crippen LogP contribution in [-0.4, -0.2) is 30.3 Å². The second kappa shape index (κ2) is 6.17. The molecule has 3 heterocycles. The van der Waals surface area contributed by atoms with Crippen molar-refractivity contribution >= 4 is 27.5 Å². The molecule has 0 unspecified atom stereocenters. The molecule has 0 atom stereocenters. The van der Waals surface area contributed by atoms with Crippen molar-refractivity contribution in [1.29, 1.82) is 0 Å². The van der Waals surface area contributed by atoms with Gasteiger partial charge in [-0.05, 0) is 57.5 Å². The predicted molar refractivity (Wildman–Crippen MR) is 87.1 cm³/mol. The van der Waals surface area contributed by atoms with Crippen molar-refractivity contribution in [2.75, 3.05) is 0 Å². The van der Waals surface area contributed by atoms with Gasteiger partial charge in [0.25, 0.3) is 5.89 Å². The molecule has 0 radical (unpaired) electrons. The highest BCUT2D eigenvalue weighted by Gasteiger charge is 2.14. The first-order valence-corrected chi connectivity index (χ1v) is 7.96. The van der Waals surface area contributed by atoms with E-state index in [0.717, 1.165) is 5.56 Å². The Labute approximate surface area is 148 Å². The van der Waals surface area contributed by atoms with Crippen LogP contribution in [0.25, 0.3) is 23.0 Å². The monoisotopic (exact) mass is 406 g/mol. The van der Waals surface area contributed by atoms with E-state index in [0.29, 0.717) is 33.0 Å². The molecule has 120 valence electrons. The summed E-state index contributed by atoms with van der Waals surface area (Å²) in [5.41, 5.74) is 0.817. The van der Waals surface area contributed by atoms with Gasteiger partial charge in [0.1, 0.15) is 6.54 Å². The fourth-order valence-electron chi connectivity index (χ4n) is 2.00. The Morgan fingerprint density at radius 2 is 1.92 bits per heavy atom. The molecule has 0 aliphatic carbocycles. The number of halogens is 2. The van der Waals surface area contributed by atoms with Gasteiger partial charge >= 0.3 is 0 Å². The Bertz CT molecular complexity index is 977. The minimum Gasteiger partial charge on any atom is -0.446 e. The first kappa shape index (κ1) is 15.0. The van der Waals surface area contributed by atoms with Gasteiger partial charge in [0.05, 0.1) is 0 Å². The minimum atomic E-state index is 0.204. The molecule has 0 N–H and O–H groups in total. The minimum absolute atomic E-state index is 0.204. The summed E-state index contributed by atoms with van der Waals surface area (Å²) in [6, 6.07) is 10.7. The highest BCUT2D eigenvalue weighted by atomic mass is 79.9. The molecule has 0 saturated heterocycles. The third-order valence-corrected chi connectivity index (χ3v) is 3.77. The standard InChI is InChI=1S/C14H8BrClN6O2/c15-11-6-5-10(23-11)14-17-12(24-20-14)7-22-19-13(18-21-22)8-1-3-9(16)4-2-8/h1-6H,7H2. The molecule has 10 heteroatoms. The molecule has 0 spiro atoms. The Hall–Kier alpha value is -2.52. The lowest BCUT2D eigenvalue weighted by Gasteiger charge is -1.94. The summed E-state index contributed by atoms with van der Waals surface area (Å²) < 4.78 is 11.1. The first-order chi connectivity index (χ1) is 11.7. The summed E-state index contributed by atoms with van der Waals surface area (Å²) in [4.78, 5) is 5.62. The molecule has 1 aromatic carbocycles. The molecule has 8 nitrogen and oxygen atoms in total. The van der Waals surface area contributed by atoms with Crippen LogP contribution in [0.1, 0.15) is 5.89 Å². The van der Waals surface area contributed by atoms with Crippen molar-refractivity contribution in [2.45, 2.75) is 6.54 Å².